The Hall–Kier alpha value is -1.08. The average molecular weight is 398 g/mol. The monoisotopic (exact) mass is 398 g/mol. The molecular formula is C13H14N3W-. The van der Waals surface area contributed by atoms with Gasteiger partial charge in [0.05, 0.1) is 5.82 Å². The minimum Gasteiger partial charge on any atom is -0.266 e. The van der Waals surface area contributed by atoms with E-state index >= 15 is 0 Å². The molecule has 17 heavy (non-hydrogen) atoms. The summed E-state index contributed by atoms with van der Waals surface area (Å²) < 4.78 is 7.63. The van der Waals surface area contributed by atoms with Gasteiger partial charge in [-0.1, -0.05) is 20.8 Å². The predicted octanol–water partition coefficient (Wildman–Crippen LogP) is 2.63. The van der Waals surface area contributed by atoms with Crippen LogP contribution in [0.4, 0.5) is 0 Å². The largest absolute Gasteiger partial charge is 0.266 e. The molecule has 0 saturated carbocycles. The van der Waals surface area contributed by atoms with Crippen molar-refractivity contribution in [2.24, 2.45) is 0 Å². The number of aromatic nitrogens is 3. The minimum absolute atomic E-state index is 0. The summed E-state index contributed by atoms with van der Waals surface area (Å²) in [4.78, 5) is 12.5. The molecule has 0 N–H and O–H groups in total. The van der Waals surface area contributed by atoms with Gasteiger partial charge in [0.1, 0.15) is 13.5 Å². The summed E-state index contributed by atoms with van der Waals surface area (Å²) in [5, 5.41) is 0. The van der Waals surface area contributed by atoms with Gasteiger partial charge in [-0.3, -0.25) is 9.97 Å². The van der Waals surface area contributed by atoms with Crippen LogP contribution in [0.5, 0.6) is 0 Å². The summed E-state index contributed by atoms with van der Waals surface area (Å²) in [6, 6.07) is 10.5. The molecule has 4 heteroatoms. The molecule has 0 radical (unpaired) electrons. The van der Waals surface area contributed by atoms with Crippen molar-refractivity contribution in [3.63, 3.8) is 0 Å². The molecule has 0 atom stereocenters. The number of hydrogen-bond donors (Lipinski definition) is 0. The van der Waals surface area contributed by atoms with Gasteiger partial charge in [-0.15, -0.1) is 35.9 Å². The first-order valence-electron chi connectivity index (χ1n) is 5.67. The second-order valence-electron chi connectivity index (χ2n) is 4.61. The molecule has 0 unspecified atom stereocenters. The van der Waals surface area contributed by atoms with Crippen LogP contribution in [0.25, 0.3) is 11.4 Å². The van der Waals surface area contributed by atoms with Crippen LogP contribution < -0.4 is 0 Å². The molecule has 2 aromatic rings. The van der Waals surface area contributed by atoms with Crippen molar-refractivity contribution >= 4 is 0 Å². The quantitative estimate of drug-likeness (QED) is 0.694. The summed E-state index contributed by atoms with van der Waals surface area (Å²) >= 11 is 0. The maximum atomic E-state index is 7.63. The Morgan fingerprint density at radius 3 is 2.59 bits per heavy atom. The molecule has 88 valence electrons. The summed E-state index contributed by atoms with van der Waals surface area (Å²) in [6.45, 7) is 6.04. The zero-order valence-electron chi connectivity index (χ0n) is 11.1. The topological polar surface area (TPSA) is 38.7 Å². The van der Waals surface area contributed by atoms with Crippen molar-refractivity contribution in [1.29, 1.82) is 0 Å². The second kappa shape index (κ2) is 5.50. The Kier molecular flexibility index (Phi) is 4.01. The number of hydrogen-bond acceptors (Lipinski definition) is 3. The Morgan fingerprint density at radius 1 is 1.24 bits per heavy atom. The van der Waals surface area contributed by atoms with Gasteiger partial charge >= 0.3 is 0 Å². The van der Waals surface area contributed by atoms with E-state index in [0.717, 1.165) is 5.56 Å². The van der Waals surface area contributed by atoms with Crippen LogP contribution in [0.3, 0.4) is 0 Å². The average Bonchev–Trinajstić information content (AvgIpc) is 2.28. The normalized spacial score (nSPS) is 11.6. The van der Waals surface area contributed by atoms with Gasteiger partial charge in [-0.05, 0) is 0 Å². The van der Waals surface area contributed by atoms with Gasteiger partial charge in [0, 0.05) is 26.5 Å². The van der Waals surface area contributed by atoms with Crippen LogP contribution in [0.1, 0.15) is 28.0 Å². The first kappa shape index (κ1) is 12.4. The first-order chi connectivity index (χ1) is 7.97. The van der Waals surface area contributed by atoms with E-state index in [9.17, 15) is 0 Å². The molecule has 0 saturated heterocycles. The van der Waals surface area contributed by atoms with Crippen molar-refractivity contribution < 1.29 is 22.4 Å². The summed E-state index contributed by atoms with van der Waals surface area (Å²) in [5.74, 6) is 1.14. The van der Waals surface area contributed by atoms with Crippen molar-refractivity contribution in [1.82, 2.24) is 15.0 Å². The molecule has 0 aliphatic heterocycles. The fourth-order valence-electron chi connectivity index (χ4n) is 1.26. The third-order valence-corrected chi connectivity index (χ3v) is 2.14. The molecule has 1 heterocycles. The molecule has 2 rings (SSSR count). The van der Waals surface area contributed by atoms with E-state index in [1.807, 2.05) is 39.0 Å². The molecule has 0 aliphatic rings. The van der Waals surface area contributed by atoms with Crippen LogP contribution in [0.2, 0.25) is 0 Å². The van der Waals surface area contributed by atoms with Gasteiger partial charge in [0.25, 0.3) is 0 Å². The Balaban J connectivity index is 0.00000162. The molecule has 0 aliphatic carbocycles. The Morgan fingerprint density at radius 2 is 2.00 bits per heavy atom. The van der Waals surface area contributed by atoms with Crippen molar-refractivity contribution in [3.05, 3.63) is 42.5 Å². The second-order valence-corrected chi connectivity index (χ2v) is 4.61. The fourth-order valence-corrected chi connectivity index (χ4v) is 1.26. The molecule has 1 aromatic carbocycles. The van der Waals surface area contributed by atoms with Crippen LogP contribution in [-0.4, -0.2) is 15.0 Å². The maximum absolute atomic E-state index is 7.63. The van der Waals surface area contributed by atoms with Crippen LogP contribution in [-0.2, 0) is 26.5 Å². The van der Waals surface area contributed by atoms with E-state index in [0.29, 0.717) is 11.6 Å². The van der Waals surface area contributed by atoms with E-state index in [-0.39, 0.29) is 32.8 Å². The maximum Gasteiger partial charge on any atom is 0.127 e. The third kappa shape index (κ3) is 3.44. The molecular weight excluding hydrogens is 382 g/mol. The molecule has 3 nitrogen and oxygen atoms in total. The zero-order chi connectivity index (χ0) is 12.5. The number of rotatable bonds is 1. The summed E-state index contributed by atoms with van der Waals surface area (Å²) in [6.07, 6.45) is -0.00261. The van der Waals surface area contributed by atoms with Gasteiger partial charge in [-0.2, -0.15) is 0 Å². The van der Waals surface area contributed by atoms with Crippen LogP contribution >= 0.6 is 0 Å². The van der Waals surface area contributed by atoms with Crippen LogP contribution in [0.15, 0.2) is 30.6 Å². The molecule has 0 bridgehead atoms. The minimum atomic E-state index is -0.192. The Bertz CT molecular complexity index is 524. The van der Waals surface area contributed by atoms with Gasteiger partial charge in [0.2, 0.25) is 0 Å². The summed E-state index contributed by atoms with van der Waals surface area (Å²) in [7, 11) is 0. The van der Waals surface area contributed by atoms with E-state index in [1.54, 1.807) is 6.07 Å². The van der Waals surface area contributed by atoms with E-state index in [2.05, 4.69) is 21.0 Å². The number of nitrogens with zero attached hydrogens (tertiary/aromatic N) is 3. The standard InChI is InChI=1S/C13H14N3.W/c1-13(2,3)12-15-9-14-11(16-12)10-7-5-4-6-8-10;/h4-7,9H,1-3H3;/q-1;/i9T;. The van der Waals surface area contributed by atoms with E-state index in [1.165, 1.54) is 0 Å². The Labute approximate surface area is 117 Å². The van der Waals surface area contributed by atoms with E-state index < -0.39 is 0 Å². The van der Waals surface area contributed by atoms with Crippen molar-refractivity contribution in [2.75, 3.05) is 0 Å². The number of benzene rings is 1. The van der Waals surface area contributed by atoms with Gasteiger partial charge in [-0.25, -0.2) is 4.98 Å². The van der Waals surface area contributed by atoms with Crippen molar-refractivity contribution in [2.45, 2.75) is 26.2 Å². The van der Waals surface area contributed by atoms with Crippen LogP contribution in [0, 0.1) is 6.07 Å². The first-order valence-corrected chi connectivity index (χ1v) is 5.17. The smallest absolute Gasteiger partial charge is 0.127 e. The van der Waals surface area contributed by atoms with E-state index in [4.69, 9.17) is 1.37 Å². The third-order valence-electron chi connectivity index (χ3n) is 2.14. The molecule has 0 spiro atoms. The van der Waals surface area contributed by atoms with Crippen molar-refractivity contribution in [3.8, 4) is 11.4 Å². The fraction of sp³-hybridized carbons (Fsp3) is 0.308. The van der Waals surface area contributed by atoms with Gasteiger partial charge < -0.3 is 0 Å². The molecule has 1 aromatic heterocycles. The molecule has 0 fully saturated rings. The van der Waals surface area contributed by atoms with Gasteiger partial charge in [0.15, 0.2) is 0 Å². The molecule has 0 amide bonds. The summed E-state index contributed by atoms with van der Waals surface area (Å²) in [5.41, 5.74) is 0.594. The zero-order valence-corrected chi connectivity index (χ0v) is 13.0. The predicted molar refractivity (Wildman–Crippen MR) is 62.8 cm³/mol. The SMILES string of the molecule is [3H]c1nc(-c2[c-]cccc2)nc(C(C)(C)C)n1.[W].